The summed E-state index contributed by atoms with van der Waals surface area (Å²) in [6.07, 6.45) is 2.21. The number of carbonyl (C=O) groups is 2. The third-order valence-corrected chi connectivity index (χ3v) is 5.57. The van der Waals surface area contributed by atoms with E-state index in [0.29, 0.717) is 43.2 Å². The van der Waals surface area contributed by atoms with E-state index in [0.717, 1.165) is 20.9 Å². The van der Waals surface area contributed by atoms with Crippen LogP contribution in [0.1, 0.15) is 5.56 Å². The summed E-state index contributed by atoms with van der Waals surface area (Å²) in [6.45, 7) is 1.23. The first kappa shape index (κ1) is 20.1. The SMILES string of the molecule is COc1ccc(NC(=O)NCCc2c[nH]c3cccc(Br)c23)cc1N1CCOC1=O. The van der Waals surface area contributed by atoms with Gasteiger partial charge in [0.05, 0.1) is 19.3 Å². The van der Waals surface area contributed by atoms with Gasteiger partial charge < -0.3 is 25.1 Å². The number of hydrogen-bond acceptors (Lipinski definition) is 4. The van der Waals surface area contributed by atoms with E-state index in [1.165, 1.54) is 12.0 Å². The van der Waals surface area contributed by atoms with Crippen molar-refractivity contribution in [3.63, 3.8) is 0 Å². The number of cyclic esters (lactones) is 1. The Kier molecular flexibility index (Phi) is 5.80. The zero-order chi connectivity index (χ0) is 21.1. The van der Waals surface area contributed by atoms with E-state index in [2.05, 4.69) is 31.5 Å². The van der Waals surface area contributed by atoms with Crippen LogP contribution in [0.4, 0.5) is 21.0 Å². The Balaban J connectivity index is 1.38. The number of aromatic amines is 1. The van der Waals surface area contributed by atoms with Gasteiger partial charge in [0.2, 0.25) is 0 Å². The summed E-state index contributed by atoms with van der Waals surface area (Å²) in [5, 5.41) is 6.79. The van der Waals surface area contributed by atoms with Gasteiger partial charge >= 0.3 is 12.1 Å². The van der Waals surface area contributed by atoms with E-state index < -0.39 is 6.09 Å². The number of amides is 3. The lowest BCUT2D eigenvalue weighted by Gasteiger charge is -2.18. The minimum Gasteiger partial charge on any atom is -0.495 e. The van der Waals surface area contributed by atoms with Gasteiger partial charge in [0.25, 0.3) is 0 Å². The van der Waals surface area contributed by atoms with Gasteiger partial charge in [-0.1, -0.05) is 22.0 Å². The molecule has 0 saturated carbocycles. The Bertz CT molecular complexity index is 1100. The zero-order valence-electron chi connectivity index (χ0n) is 16.3. The number of methoxy groups -OCH3 is 1. The second-order valence-corrected chi connectivity index (χ2v) is 7.61. The topological polar surface area (TPSA) is 95.7 Å². The summed E-state index contributed by atoms with van der Waals surface area (Å²) in [7, 11) is 1.53. The Hall–Kier alpha value is -3.20. The fourth-order valence-corrected chi connectivity index (χ4v) is 4.10. The lowest BCUT2D eigenvalue weighted by Crippen LogP contribution is -2.30. The molecule has 1 aliphatic rings. The van der Waals surface area contributed by atoms with Crippen molar-refractivity contribution < 1.29 is 19.1 Å². The highest BCUT2D eigenvalue weighted by molar-refractivity contribution is 9.10. The van der Waals surface area contributed by atoms with Crippen LogP contribution in [0.25, 0.3) is 10.9 Å². The summed E-state index contributed by atoms with van der Waals surface area (Å²) >= 11 is 3.58. The molecule has 0 unspecified atom stereocenters. The van der Waals surface area contributed by atoms with Crippen molar-refractivity contribution in [1.82, 2.24) is 10.3 Å². The molecule has 1 saturated heterocycles. The molecule has 3 aromatic rings. The second kappa shape index (κ2) is 8.66. The highest BCUT2D eigenvalue weighted by atomic mass is 79.9. The van der Waals surface area contributed by atoms with Crippen molar-refractivity contribution in [3.8, 4) is 5.75 Å². The first-order valence-electron chi connectivity index (χ1n) is 9.48. The third-order valence-electron chi connectivity index (χ3n) is 4.90. The number of carbonyl (C=O) groups excluding carboxylic acids is 2. The number of ether oxygens (including phenoxy) is 2. The molecule has 0 aliphatic carbocycles. The lowest BCUT2D eigenvalue weighted by molar-refractivity contribution is 0.181. The van der Waals surface area contributed by atoms with Gasteiger partial charge in [-0.05, 0) is 42.3 Å². The smallest absolute Gasteiger partial charge is 0.414 e. The van der Waals surface area contributed by atoms with Gasteiger partial charge in [-0.2, -0.15) is 0 Å². The highest BCUT2D eigenvalue weighted by Crippen LogP contribution is 2.33. The van der Waals surface area contributed by atoms with E-state index in [1.807, 2.05) is 24.4 Å². The fraction of sp³-hybridized carbons (Fsp3) is 0.238. The number of anilines is 2. The van der Waals surface area contributed by atoms with E-state index in [-0.39, 0.29) is 6.03 Å². The van der Waals surface area contributed by atoms with Crippen LogP contribution < -0.4 is 20.3 Å². The highest BCUT2D eigenvalue weighted by Gasteiger charge is 2.26. The van der Waals surface area contributed by atoms with E-state index in [1.54, 1.807) is 18.2 Å². The number of urea groups is 1. The van der Waals surface area contributed by atoms with Crippen molar-refractivity contribution in [2.75, 3.05) is 37.0 Å². The maximum Gasteiger partial charge on any atom is 0.414 e. The van der Waals surface area contributed by atoms with Crippen LogP contribution in [0.5, 0.6) is 5.75 Å². The van der Waals surface area contributed by atoms with Gasteiger partial charge in [-0.15, -0.1) is 0 Å². The van der Waals surface area contributed by atoms with Gasteiger partial charge in [0.15, 0.2) is 0 Å². The first-order valence-corrected chi connectivity index (χ1v) is 10.3. The van der Waals surface area contributed by atoms with Gasteiger partial charge in [-0.25, -0.2) is 9.59 Å². The third kappa shape index (κ3) is 4.06. The fourth-order valence-electron chi connectivity index (χ4n) is 3.48. The van der Waals surface area contributed by atoms with Crippen LogP contribution in [-0.2, 0) is 11.2 Å². The molecule has 3 N–H and O–H groups in total. The average Bonchev–Trinajstić information content (AvgIpc) is 3.35. The maximum absolute atomic E-state index is 12.3. The molecule has 3 amide bonds. The number of fused-ring (bicyclic) bond motifs is 1. The standard InChI is InChI=1S/C21H21BrN4O4/c1-29-18-6-5-14(11-17(18)26-9-10-30-21(26)28)25-20(27)23-8-7-13-12-24-16-4-2-3-15(22)19(13)16/h2-6,11-12,24H,7-10H2,1H3,(H2,23,25,27). The Morgan fingerprint density at radius 1 is 1.33 bits per heavy atom. The molecule has 1 aliphatic heterocycles. The molecular formula is C21H21BrN4O4. The van der Waals surface area contributed by atoms with E-state index >= 15 is 0 Å². The second-order valence-electron chi connectivity index (χ2n) is 6.76. The predicted molar refractivity (Wildman–Crippen MR) is 118 cm³/mol. The first-order chi connectivity index (χ1) is 14.6. The molecule has 2 heterocycles. The Morgan fingerprint density at radius 3 is 2.97 bits per heavy atom. The molecule has 9 heteroatoms. The van der Waals surface area contributed by atoms with Crippen LogP contribution in [0.2, 0.25) is 0 Å². The van der Waals surface area contributed by atoms with Crippen molar-refractivity contribution in [1.29, 1.82) is 0 Å². The lowest BCUT2D eigenvalue weighted by atomic mass is 10.1. The van der Waals surface area contributed by atoms with Crippen LogP contribution in [0.3, 0.4) is 0 Å². The number of rotatable bonds is 6. The predicted octanol–water partition coefficient (Wildman–Crippen LogP) is 4.26. The zero-order valence-corrected chi connectivity index (χ0v) is 17.9. The number of benzene rings is 2. The van der Waals surface area contributed by atoms with Crippen molar-refractivity contribution in [2.24, 2.45) is 0 Å². The average molecular weight is 473 g/mol. The molecular weight excluding hydrogens is 452 g/mol. The van der Waals surface area contributed by atoms with Crippen LogP contribution in [0.15, 0.2) is 47.1 Å². The molecule has 0 atom stereocenters. The number of H-pyrrole nitrogens is 1. The summed E-state index contributed by atoms with van der Waals surface area (Å²) in [5.74, 6) is 0.532. The summed E-state index contributed by atoms with van der Waals surface area (Å²) in [5.41, 5.74) is 3.28. The Morgan fingerprint density at radius 2 is 2.20 bits per heavy atom. The molecule has 30 heavy (non-hydrogen) atoms. The van der Waals surface area contributed by atoms with Crippen molar-refractivity contribution >= 4 is 50.3 Å². The van der Waals surface area contributed by atoms with Gasteiger partial charge in [0, 0.05) is 33.8 Å². The van der Waals surface area contributed by atoms with E-state index in [4.69, 9.17) is 9.47 Å². The maximum atomic E-state index is 12.3. The Labute approximate surface area is 181 Å². The van der Waals surface area contributed by atoms with Crippen LogP contribution >= 0.6 is 15.9 Å². The van der Waals surface area contributed by atoms with Crippen LogP contribution in [-0.4, -0.2) is 43.9 Å². The van der Waals surface area contributed by atoms with Crippen molar-refractivity contribution in [3.05, 3.63) is 52.6 Å². The number of nitrogens with zero attached hydrogens (tertiary/aromatic N) is 1. The monoisotopic (exact) mass is 472 g/mol. The normalized spacial score (nSPS) is 13.4. The largest absolute Gasteiger partial charge is 0.495 e. The molecule has 156 valence electrons. The van der Waals surface area contributed by atoms with Crippen molar-refractivity contribution in [2.45, 2.75) is 6.42 Å². The molecule has 2 aromatic carbocycles. The van der Waals surface area contributed by atoms with E-state index in [9.17, 15) is 9.59 Å². The molecule has 1 aromatic heterocycles. The minimum absolute atomic E-state index is 0.323. The summed E-state index contributed by atoms with van der Waals surface area (Å²) < 4.78 is 11.3. The van der Waals surface area contributed by atoms with Gasteiger partial charge in [-0.3, -0.25) is 4.90 Å². The number of nitrogens with one attached hydrogen (secondary N) is 3. The molecule has 8 nitrogen and oxygen atoms in total. The summed E-state index contributed by atoms with van der Waals surface area (Å²) in [4.78, 5) is 29.0. The molecule has 0 bridgehead atoms. The number of aromatic nitrogens is 1. The number of halogens is 1. The van der Waals surface area contributed by atoms with Gasteiger partial charge in [0.1, 0.15) is 12.4 Å². The molecule has 0 spiro atoms. The summed E-state index contributed by atoms with van der Waals surface area (Å²) in [6, 6.07) is 10.8. The quantitative estimate of drug-likeness (QED) is 0.499. The molecule has 4 rings (SSSR count). The minimum atomic E-state index is -0.431. The molecule has 1 fully saturated rings. The molecule has 0 radical (unpaired) electrons. The number of hydrogen-bond donors (Lipinski definition) is 3. The van der Waals surface area contributed by atoms with Crippen LogP contribution in [0, 0.1) is 0 Å².